The molecular formula is C12H21N3S. The zero-order valence-corrected chi connectivity index (χ0v) is 11.2. The number of rotatable bonds is 4. The summed E-state index contributed by atoms with van der Waals surface area (Å²) in [5.41, 5.74) is 1.13. The molecule has 1 unspecified atom stereocenters. The fourth-order valence-corrected chi connectivity index (χ4v) is 3.08. The van der Waals surface area contributed by atoms with Crippen LogP contribution in [0.3, 0.4) is 0 Å². The molecule has 0 aromatic carbocycles. The minimum Gasteiger partial charge on any atom is -0.344 e. The lowest BCUT2D eigenvalue weighted by molar-refractivity contribution is 0.552. The third kappa shape index (κ3) is 2.74. The fraction of sp³-hybridized carbons (Fsp3) is 0.750. The number of anilines is 1. The van der Waals surface area contributed by atoms with E-state index in [0.717, 1.165) is 12.2 Å². The summed E-state index contributed by atoms with van der Waals surface area (Å²) < 4.78 is 0. The van der Waals surface area contributed by atoms with Crippen molar-refractivity contribution in [1.29, 1.82) is 0 Å². The molecule has 2 rings (SSSR count). The van der Waals surface area contributed by atoms with Gasteiger partial charge in [0.1, 0.15) is 0 Å². The van der Waals surface area contributed by atoms with Crippen LogP contribution in [0.15, 0.2) is 5.38 Å². The summed E-state index contributed by atoms with van der Waals surface area (Å²) in [6.07, 6.45) is 2.61. The molecule has 0 amide bonds. The highest BCUT2D eigenvalue weighted by atomic mass is 32.1. The van der Waals surface area contributed by atoms with E-state index < -0.39 is 0 Å². The molecule has 4 heteroatoms. The van der Waals surface area contributed by atoms with E-state index in [1.54, 1.807) is 11.3 Å². The van der Waals surface area contributed by atoms with E-state index >= 15 is 0 Å². The lowest BCUT2D eigenvalue weighted by Gasteiger charge is -2.29. The summed E-state index contributed by atoms with van der Waals surface area (Å²) in [5.74, 6) is 0. The summed E-state index contributed by atoms with van der Waals surface area (Å²) in [7, 11) is 0. The summed E-state index contributed by atoms with van der Waals surface area (Å²) >= 11 is 1.76. The largest absolute Gasteiger partial charge is 0.344 e. The van der Waals surface area contributed by atoms with Crippen LogP contribution < -0.4 is 10.2 Å². The number of nitrogens with one attached hydrogen (secondary N) is 1. The highest BCUT2D eigenvalue weighted by Crippen LogP contribution is 2.23. The SMILES string of the molecule is Cc1csc(N(CC2CCCN2)C(C)C)n1. The maximum atomic E-state index is 4.59. The van der Waals surface area contributed by atoms with Crippen LogP contribution in [-0.2, 0) is 0 Å². The summed E-state index contributed by atoms with van der Waals surface area (Å²) in [6, 6.07) is 1.17. The zero-order chi connectivity index (χ0) is 11.5. The van der Waals surface area contributed by atoms with E-state index in [1.165, 1.54) is 24.5 Å². The Kier molecular flexibility index (Phi) is 3.82. The molecule has 0 saturated carbocycles. The number of nitrogens with zero attached hydrogens (tertiary/aromatic N) is 2. The first-order valence-electron chi connectivity index (χ1n) is 6.09. The van der Waals surface area contributed by atoms with Gasteiger partial charge in [0, 0.05) is 24.0 Å². The van der Waals surface area contributed by atoms with Crippen molar-refractivity contribution >= 4 is 16.5 Å². The van der Waals surface area contributed by atoms with Crippen molar-refractivity contribution in [2.24, 2.45) is 0 Å². The van der Waals surface area contributed by atoms with Crippen molar-refractivity contribution in [3.63, 3.8) is 0 Å². The van der Waals surface area contributed by atoms with Crippen LogP contribution in [-0.4, -0.2) is 30.2 Å². The molecule has 16 heavy (non-hydrogen) atoms. The van der Waals surface area contributed by atoms with Gasteiger partial charge in [-0.15, -0.1) is 11.3 Å². The lowest BCUT2D eigenvalue weighted by atomic mass is 10.2. The second-order valence-corrected chi connectivity index (χ2v) is 5.65. The summed E-state index contributed by atoms with van der Waals surface area (Å²) in [5, 5.41) is 6.85. The van der Waals surface area contributed by atoms with E-state index in [2.05, 4.69) is 41.4 Å². The van der Waals surface area contributed by atoms with Crippen molar-refractivity contribution < 1.29 is 0 Å². The molecule has 1 aliphatic rings. The summed E-state index contributed by atoms with van der Waals surface area (Å²) in [4.78, 5) is 7.01. The highest BCUT2D eigenvalue weighted by Gasteiger charge is 2.21. The average Bonchev–Trinajstić information content (AvgIpc) is 2.84. The van der Waals surface area contributed by atoms with Crippen molar-refractivity contribution in [3.05, 3.63) is 11.1 Å². The van der Waals surface area contributed by atoms with Crippen LogP contribution in [0.25, 0.3) is 0 Å². The number of aromatic nitrogens is 1. The van der Waals surface area contributed by atoms with E-state index in [1.807, 2.05) is 0 Å². The molecule has 0 bridgehead atoms. The van der Waals surface area contributed by atoms with E-state index in [4.69, 9.17) is 0 Å². The van der Waals surface area contributed by atoms with Crippen molar-refractivity contribution in [1.82, 2.24) is 10.3 Å². The molecule has 0 spiro atoms. The molecule has 0 aliphatic carbocycles. The number of thiazole rings is 1. The maximum absolute atomic E-state index is 4.59. The third-order valence-electron chi connectivity index (χ3n) is 3.06. The van der Waals surface area contributed by atoms with E-state index in [-0.39, 0.29) is 0 Å². The third-order valence-corrected chi connectivity index (χ3v) is 4.05. The van der Waals surface area contributed by atoms with Crippen molar-refractivity contribution in [3.8, 4) is 0 Å². The van der Waals surface area contributed by atoms with Gasteiger partial charge in [-0.2, -0.15) is 0 Å². The molecule has 1 saturated heterocycles. The Balaban J connectivity index is 2.04. The molecule has 90 valence electrons. The molecule has 1 fully saturated rings. The zero-order valence-electron chi connectivity index (χ0n) is 10.4. The molecule has 1 N–H and O–H groups in total. The quantitative estimate of drug-likeness (QED) is 0.874. The number of aryl methyl sites for hydroxylation is 1. The van der Waals surface area contributed by atoms with Gasteiger partial charge in [-0.3, -0.25) is 0 Å². The van der Waals surface area contributed by atoms with Gasteiger partial charge in [0.05, 0.1) is 5.69 Å². The Hall–Kier alpha value is -0.610. The Morgan fingerprint density at radius 3 is 2.94 bits per heavy atom. The first-order chi connectivity index (χ1) is 7.66. The summed E-state index contributed by atoms with van der Waals surface area (Å²) in [6.45, 7) is 8.81. The van der Waals surface area contributed by atoms with Gasteiger partial charge in [-0.05, 0) is 40.2 Å². The van der Waals surface area contributed by atoms with Gasteiger partial charge in [0.15, 0.2) is 5.13 Å². The second-order valence-electron chi connectivity index (χ2n) is 4.81. The van der Waals surface area contributed by atoms with Gasteiger partial charge in [-0.25, -0.2) is 4.98 Å². The van der Waals surface area contributed by atoms with Gasteiger partial charge < -0.3 is 10.2 Å². The van der Waals surface area contributed by atoms with E-state index in [0.29, 0.717) is 12.1 Å². The van der Waals surface area contributed by atoms with Gasteiger partial charge in [0.2, 0.25) is 0 Å². The maximum Gasteiger partial charge on any atom is 0.185 e. The molecule has 1 aliphatic heterocycles. The Morgan fingerprint density at radius 2 is 2.44 bits per heavy atom. The van der Waals surface area contributed by atoms with Crippen molar-refractivity contribution in [2.45, 2.75) is 45.7 Å². The number of hydrogen-bond donors (Lipinski definition) is 1. The molecule has 1 aromatic rings. The van der Waals surface area contributed by atoms with Crippen LogP contribution in [0.2, 0.25) is 0 Å². The molecule has 1 atom stereocenters. The minimum atomic E-state index is 0.521. The molecular weight excluding hydrogens is 218 g/mol. The smallest absolute Gasteiger partial charge is 0.185 e. The second kappa shape index (κ2) is 5.15. The highest BCUT2D eigenvalue weighted by molar-refractivity contribution is 7.13. The molecule has 3 nitrogen and oxygen atoms in total. The molecule has 2 heterocycles. The van der Waals surface area contributed by atoms with Gasteiger partial charge >= 0.3 is 0 Å². The van der Waals surface area contributed by atoms with Crippen molar-refractivity contribution in [2.75, 3.05) is 18.0 Å². The predicted molar refractivity (Wildman–Crippen MR) is 70.4 cm³/mol. The first kappa shape index (κ1) is 11.9. The predicted octanol–water partition coefficient (Wildman–Crippen LogP) is 2.42. The molecule has 1 aromatic heterocycles. The van der Waals surface area contributed by atoms with E-state index in [9.17, 15) is 0 Å². The fourth-order valence-electron chi connectivity index (χ4n) is 2.13. The Bertz CT molecular complexity index is 329. The van der Waals surface area contributed by atoms with Crippen LogP contribution in [0.4, 0.5) is 5.13 Å². The monoisotopic (exact) mass is 239 g/mol. The standard InChI is InChI=1S/C12H21N3S/c1-9(2)15(7-11-5-4-6-13-11)12-14-10(3)8-16-12/h8-9,11,13H,4-7H2,1-3H3. The van der Waals surface area contributed by atoms with Gasteiger partial charge in [-0.1, -0.05) is 0 Å². The molecule has 0 radical (unpaired) electrons. The van der Waals surface area contributed by atoms with Crippen LogP contribution >= 0.6 is 11.3 Å². The Labute approximate surface area is 102 Å². The Morgan fingerprint density at radius 1 is 1.62 bits per heavy atom. The first-order valence-corrected chi connectivity index (χ1v) is 6.97. The van der Waals surface area contributed by atoms with Crippen LogP contribution in [0.5, 0.6) is 0 Å². The topological polar surface area (TPSA) is 28.2 Å². The number of hydrogen-bond acceptors (Lipinski definition) is 4. The van der Waals surface area contributed by atoms with Crippen LogP contribution in [0, 0.1) is 6.92 Å². The van der Waals surface area contributed by atoms with Crippen LogP contribution in [0.1, 0.15) is 32.4 Å². The van der Waals surface area contributed by atoms with Gasteiger partial charge in [0.25, 0.3) is 0 Å². The normalized spacial score (nSPS) is 20.6. The lowest BCUT2D eigenvalue weighted by Crippen LogP contribution is -2.41. The minimum absolute atomic E-state index is 0.521. The average molecular weight is 239 g/mol.